The Kier molecular flexibility index (Phi) is 5.00. The molecule has 1 N–H and O–H groups in total. The van der Waals surface area contributed by atoms with Gasteiger partial charge in [-0.1, -0.05) is 46.3 Å². The lowest BCUT2D eigenvalue weighted by atomic mass is 10.0. The Bertz CT molecular complexity index is 898. The first-order valence-corrected chi connectivity index (χ1v) is 10.4. The van der Waals surface area contributed by atoms with Gasteiger partial charge in [-0.15, -0.1) is 5.10 Å². The highest BCUT2D eigenvalue weighted by Crippen LogP contribution is 2.40. The zero-order valence-electron chi connectivity index (χ0n) is 14.9. The molecule has 1 aliphatic heterocycles. The van der Waals surface area contributed by atoms with Crippen LogP contribution in [0.3, 0.4) is 0 Å². The van der Waals surface area contributed by atoms with E-state index in [2.05, 4.69) is 67.0 Å². The monoisotopic (exact) mass is 435 g/mol. The summed E-state index contributed by atoms with van der Waals surface area (Å²) < 4.78 is 2.61. The quantitative estimate of drug-likeness (QED) is 0.680. The van der Waals surface area contributed by atoms with Crippen molar-refractivity contribution in [3.8, 4) is 5.88 Å². The topological polar surface area (TPSA) is 56.9 Å². The SMILES string of the molecule is CCN1CCN([C@@H](c2ccc(Br)cc2)c2sc3nc(C)nn3c2O)CC1. The van der Waals surface area contributed by atoms with Crippen molar-refractivity contribution in [3.63, 3.8) is 0 Å². The summed E-state index contributed by atoms with van der Waals surface area (Å²) in [6.45, 7) is 9.17. The molecule has 0 bridgehead atoms. The van der Waals surface area contributed by atoms with Gasteiger partial charge in [0.15, 0.2) is 0 Å². The van der Waals surface area contributed by atoms with Crippen LogP contribution in [0.2, 0.25) is 0 Å². The maximum Gasteiger partial charge on any atom is 0.230 e. The van der Waals surface area contributed by atoms with E-state index in [4.69, 9.17) is 0 Å². The van der Waals surface area contributed by atoms with Gasteiger partial charge in [-0.05, 0) is 31.2 Å². The van der Waals surface area contributed by atoms with E-state index < -0.39 is 0 Å². The van der Waals surface area contributed by atoms with Gasteiger partial charge in [-0.25, -0.2) is 4.98 Å². The molecule has 1 saturated heterocycles. The Hall–Kier alpha value is -1.48. The molecule has 1 fully saturated rings. The highest BCUT2D eigenvalue weighted by Gasteiger charge is 2.31. The minimum Gasteiger partial charge on any atom is -0.492 e. The minimum atomic E-state index is 0.0101. The molecular formula is C18H22BrN5OS. The van der Waals surface area contributed by atoms with Crippen molar-refractivity contribution in [3.05, 3.63) is 45.0 Å². The Balaban J connectivity index is 1.75. The molecule has 0 unspecified atom stereocenters. The van der Waals surface area contributed by atoms with Crippen LogP contribution in [0.4, 0.5) is 0 Å². The average molecular weight is 436 g/mol. The molecule has 0 saturated carbocycles. The van der Waals surface area contributed by atoms with Crippen LogP contribution >= 0.6 is 27.3 Å². The predicted octanol–water partition coefficient (Wildman–Crippen LogP) is 3.29. The lowest BCUT2D eigenvalue weighted by Gasteiger charge is -2.38. The van der Waals surface area contributed by atoms with E-state index >= 15 is 0 Å². The fourth-order valence-electron chi connectivity index (χ4n) is 3.54. The van der Waals surface area contributed by atoms with E-state index in [1.54, 1.807) is 4.52 Å². The molecule has 26 heavy (non-hydrogen) atoms. The normalized spacial score (nSPS) is 17.8. The number of nitrogens with zero attached hydrogens (tertiary/aromatic N) is 5. The molecule has 1 aromatic carbocycles. The number of halogens is 1. The van der Waals surface area contributed by atoms with Crippen molar-refractivity contribution in [2.75, 3.05) is 32.7 Å². The van der Waals surface area contributed by atoms with Crippen LogP contribution in [-0.2, 0) is 0 Å². The van der Waals surface area contributed by atoms with Gasteiger partial charge < -0.3 is 10.0 Å². The van der Waals surface area contributed by atoms with Gasteiger partial charge in [-0.2, -0.15) is 4.52 Å². The number of hydrogen-bond acceptors (Lipinski definition) is 6. The molecule has 3 aromatic rings. The van der Waals surface area contributed by atoms with Crippen LogP contribution < -0.4 is 0 Å². The van der Waals surface area contributed by atoms with Crippen LogP contribution in [0.15, 0.2) is 28.7 Å². The third-order valence-electron chi connectivity index (χ3n) is 4.96. The van der Waals surface area contributed by atoms with Crippen molar-refractivity contribution >= 4 is 32.2 Å². The molecule has 138 valence electrons. The third kappa shape index (κ3) is 3.26. The molecule has 2 aromatic heterocycles. The number of benzene rings is 1. The number of rotatable bonds is 4. The molecule has 0 radical (unpaired) electrons. The van der Waals surface area contributed by atoms with Gasteiger partial charge in [0.05, 0.1) is 10.9 Å². The molecule has 4 rings (SSSR count). The molecular weight excluding hydrogens is 414 g/mol. The molecule has 0 aliphatic carbocycles. The first-order valence-electron chi connectivity index (χ1n) is 8.83. The van der Waals surface area contributed by atoms with Gasteiger partial charge in [0, 0.05) is 30.7 Å². The number of aromatic nitrogens is 3. The first kappa shape index (κ1) is 17.9. The second kappa shape index (κ2) is 7.26. The van der Waals surface area contributed by atoms with Crippen molar-refractivity contribution in [2.45, 2.75) is 19.9 Å². The Morgan fingerprint density at radius 2 is 1.88 bits per heavy atom. The smallest absolute Gasteiger partial charge is 0.230 e. The van der Waals surface area contributed by atoms with E-state index in [0.29, 0.717) is 5.82 Å². The van der Waals surface area contributed by atoms with Gasteiger partial charge in [0.25, 0.3) is 0 Å². The van der Waals surface area contributed by atoms with E-state index in [1.807, 2.05) is 6.92 Å². The Labute approximate surface area is 165 Å². The largest absolute Gasteiger partial charge is 0.492 e. The van der Waals surface area contributed by atoms with Crippen molar-refractivity contribution in [1.29, 1.82) is 0 Å². The molecule has 6 nitrogen and oxygen atoms in total. The van der Waals surface area contributed by atoms with E-state index in [9.17, 15) is 5.11 Å². The fraction of sp³-hybridized carbons (Fsp3) is 0.444. The highest BCUT2D eigenvalue weighted by molar-refractivity contribution is 9.10. The van der Waals surface area contributed by atoms with E-state index in [0.717, 1.165) is 47.0 Å². The highest BCUT2D eigenvalue weighted by atomic mass is 79.9. The number of aryl methyl sites for hydroxylation is 1. The van der Waals surface area contributed by atoms with Crippen LogP contribution in [0, 0.1) is 6.92 Å². The third-order valence-corrected chi connectivity index (χ3v) is 6.56. The van der Waals surface area contributed by atoms with Crippen LogP contribution in [0.1, 0.15) is 29.2 Å². The van der Waals surface area contributed by atoms with Crippen LogP contribution in [-0.4, -0.2) is 62.2 Å². The summed E-state index contributed by atoms with van der Waals surface area (Å²) in [5.41, 5.74) is 1.18. The molecule has 0 amide bonds. The summed E-state index contributed by atoms with van der Waals surface area (Å²) in [6.07, 6.45) is 0. The molecule has 1 aliphatic rings. The summed E-state index contributed by atoms with van der Waals surface area (Å²) in [5.74, 6) is 0.881. The fourth-order valence-corrected chi connectivity index (χ4v) is 4.96. The maximum atomic E-state index is 10.8. The van der Waals surface area contributed by atoms with Crippen LogP contribution in [0.5, 0.6) is 5.88 Å². The lowest BCUT2D eigenvalue weighted by molar-refractivity contribution is 0.113. The Morgan fingerprint density at radius 1 is 1.19 bits per heavy atom. The standard InChI is InChI=1S/C18H22BrN5OS/c1-3-22-8-10-23(11-9-22)15(13-4-6-14(19)7-5-13)16-17(25)24-18(26-16)20-12(2)21-24/h4-7,15,25H,3,8-11H2,1-2H3/t15-/m0/s1. The number of thiazole rings is 1. The lowest BCUT2D eigenvalue weighted by Crippen LogP contribution is -2.47. The molecule has 3 heterocycles. The summed E-state index contributed by atoms with van der Waals surface area (Å²) in [4.78, 5) is 11.0. The van der Waals surface area contributed by atoms with E-state index in [1.165, 1.54) is 16.9 Å². The second-order valence-corrected chi connectivity index (χ2v) is 8.49. The Morgan fingerprint density at radius 3 is 2.50 bits per heavy atom. The number of piperazine rings is 1. The molecule has 8 heteroatoms. The zero-order valence-corrected chi connectivity index (χ0v) is 17.3. The zero-order chi connectivity index (χ0) is 18.3. The first-order chi connectivity index (χ1) is 12.6. The molecule has 0 spiro atoms. The molecule has 1 atom stereocenters. The van der Waals surface area contributed by atoms with Crippen molar-refractivity contribution in [1.82, 2.24) is 24.4 Å². The maximum absolute atomic E-state index is 10.8. The predicted molar refractivity (Wildman–Crippen MR) is 107 cm³/mol. The summed E-state index contributed by atoms with van der Waals surface area (Å²) in [6, 6.07) is 8.38. The van der Waals surface area contributed by atoms with Gasteiger partial charge in [0.1, 0.15) is 5.82 Å². The van der Waals surface area contributed by atoms with Crippen LogP contribution in [0.25, 0.3) is 4.96 Å². The number of hydrogen-bond donors (Lipinski definition) is 1. The summed E-state index contributed by atoms with van der Waals surface area (Å²) in [7, 11) is 0. The summed E-state index contributed by atoms with van der Waals surface area (Å²) in [5, 5.41) is 15.2. The summed E-state index contributed by atoms with van der Waals surface area (Å²) >= 11 is 5.04. The van der Waals surface area contributed by atoms with Gasteiger partial charge in [0.2, 0.25) is 10.8 Å². The van der Waals surface area contributed by atoms with Gasteiger partial charge in [-0.3, -0.25) is 4.90 Å². The number of fused-ring (bicyclic) bond motifs is 1. The number of likely N-dealkylation sites (N-methyl/N-ethyl adjacent to an activating group) is 1. The van der Waals surface area contributed by atoms with E-state index in [-0.39, 0.29) is 11.9 Å². The van der Waals surface area contributed by atoms with Crippen molar-refractivity contribution in [2.24, 2.45) is 0 Å². The van der Waals surface area contributed by atoms with Gasteiger partial charge >= 0.3 is 0 Å². The second-order valence-electron chi connectivity index (χ2n) is 6.57. The van der Waals surface area contributed by atoms with Crippen molar-refractivity contribution < 1.29 is 5.11 Å². The average Bonchev–Trinajstić information content (AvgIpc) is 3.15. The minimum absolute atomic E-state index is 0.0101. The number of aromatic hydroxyl groups is 1.